The maximum absolute atomic E-state index is 8.53. The molecule has 0 aliphatic carbocycles. The zero-order chi connectivity index (χ0) is 12.3. The largest absolute Gasteiger partial charge is 0.342 e. The van der Waals surface area contributed by atoms with Gasteiger partial charge in [0.15, 0.2) is 0 Å². The fourth-order valence-electron chi connectivity index (χ4n) is 1.69. The van der Waals surface area contributed by atoms with Gasteiger partial charge in [-0.25, -0.2) is 4.98 Å². The average Bonchev–Trinajstić information content (AvgIpc) is 2.78. The minimum Gasteiger partial charge on any atom is -0.342 e. The van der Waals surface area contributed by atoms with Crippen molar-refractivity contribution in [1.29, 1.82) is 5.26 Å². The second kappa shape index (κ2) is 5.15. The third kappa shape index (κ3) is 2.75. The molecule has 0 bridgehead atoms. The molecule has 1 N–H and O–H groups in total. The van der Waals surface area contributed by atoms with Crippen LogP contribution in [-0.4, -0.2) is 9.97 Å². The van der Waals surface area contributed by atoms with Crippen molar-refractivity contribution in [3.63, 3.8) is 0 Å². The number of H-pyrrole nitrogens is 1. The molecule has 1 aromatic carbocycles. The predicted octanol–water partition coefficient (Wildman–Crippen LogP) is 3.60. The lowest BCUT2D eigenvalue weighted by molar-refractivity contribution is 0.918. The number of aryl methyl sites for hydroxylation is 2. The topological polar surface area (TPSA) is 52.5 Å². The van der Waals surface area contributed by atoms with Crippen LogP contribution in [-0.2, 0) is 6.42 Å². The van der Waals surface area contributed by atoms with Crippen LogP contribution in [0.4, 0.5) is 0 Å². The van der Waals surface area contributed by atoms with Gasteiger partial charge in [0.05, 0.1) is 18.0 Å². The van der Waals surface area contributed by atoms with Crippen molar-refractivity contribution in [3.8, 4) is 17.3 Å². The molecule has 2 rings (SSSR count). The van der Waals surface area contributed by atoms with Gasteiger partial charge in [-0.05, 0) is 24.6 Å². The van der Waals surface area contributed by atoms with Gasteiger partial charge in [0.1, 0.15) is 5.82 Å². The number of rotatable bonds is 3. The van der Waals surface area contributed by atoms with E-state index in [1.165, 1.54) is 5.56 Å². The number of aromatic amines is 1. The molecule has 0 aliphatic rings. The average molecular weight is 290 g/mol. The Kier molecular flexibility index (Phi) is 3.60. The van der Waals surface area contributed by atoms with Gasteiger partial charge in [-0.2, -0.15) is 5.26 Å². The molecule has 3 nitrogen and oxygen atoms in total. The Labute approximate surface area is 109 Å². The highest BCUT2D eigenvalue weighted by atomic mass is 79.9. The van der Waals surface area contributed by atoms with Crippen LogP contribution < -0.4 is 0 Å². The predicted molar refractivity (Wildman–Crippen MR) is 70.4 cm³/mol. The lowest BCUT2D eigenvalue weighted by Gasteiger charge is -2.03. The van der Waals surface area contributed by atoms with E-state index < -0.39 is 0 Å². The Morgan fingerprint density at radius 2 is 2.29 bits per heavy atom. The van der Waals surface area contributed by atoms with Gasteiger partial charge in [-0.3, -0.25) is 0 Å². The van der Waals surface area contributed by atoms with Crippen LogP contribution in [0, 0.1) is 18.3 Å². The lowest BCUT2D eigenvalue weighted by atomic mass is 10.1. The Morgan fingerprint density at radius 1 is 1.47 bits per heavy atom. The molecule has 0 atom stereocenters. The van der Waals surface area contributed by atoms with Crippen molar-refractivity contribution >= 4 is 15.9 Å². The van der Waals surface area contributed by atoms with Gasteiger partial charge in [0.2, 0.25) is 0 Å². The number of hydrogen-bond acceptors (Lipinski definition) is 2. The smallest absolute Gasteiger partial charge is 0.107 e. The molecule has 0 amide bonds. The Bertz CT molecular complexity index is 566. The summed E-state index contributed by atoms with van der Waals surface area (Å²) in [4.78, 5) is 7.53. The number of halogens is 1. The minimum atomic E-state index is 0.490. The molecule has 0 saturated heterocycles. The van der Waals surface area contributed by atoms with E-state index in [0.29, 0.717) is 12.8 Å². The first kappa shape index (κ1) is 11.9. The molecule has 17 heavy (non-hydrogen) atoms. The van der Waals surface area contributed by atoms with Crippen molar-refractivity contribution in [2.75, 3.05) is 0 Å². The van der Waals surface area contributed by atoms with E-state index in [4.69, 9.17) is 5.26 Å². The van der Waals surface area contributed by atoms with Crippen molar-refractivity contribution in [1.82, 2.24) is 9.97 Å². The second-order valence-electron chi connectivity index (χ2n) is 3.86. The molecular formula is C13H12BrN3. The first-order valence-corrected chi connectivity index (χ1v) is 6.17. The zero-order valence-corrected chi connectivity index (χ0v) is 11.1. The number of nitrogens with zero attached hydrogens (tertiary/aromatic N) is 2. The van der Waals surface area contributed by atoms with E-state index in [0.717, 1.165) is 21.6 Å². The Hall–Kier alpha value is -1.60. The van der Waals surface area contributed by atoms with Crippen LogP contribution in [0.1, 0.15) is 17.8 Å². The van der Waals surface area contributed by atoms with E-state index in [9.17, 15) is 0 Å². The van der Waals surface area contributed by atoms with Crippen molar-refractivity contribution in [3.05, 3.63) is 40.3 Å². The number of nitriles is 1. The van der Waals surface area contributed by atoms with Crippen molar-refractivity contribution in [2.24, 2.45) is 0 Å². The second-order valence-corrected chi connectivity index (χ2v) is 4.78. The first-order chi connectivity index (χ1) is 8.20. The van der Waals surface area contributed by atoms with Gasteiger partial charge in [-0.15, -0.1) is 0 Å². The van der Waals surface area contributed by atoms with Gasteiger partial charge in [-0.1, -0.05) is 22.0 Å². The van der Waals surface area contributed by atoms with E-state index >= 15 is 0 Å². The molecule has 0 fully saturated rings. The number of benzene rings is 1. The number of imidazole rings is 1. The molecule has 1 heterocycles. The van der Waals surface area contributed by atoms with Crippen molar-refractivity contribution < 1.29 is 0 Å². The third-order valence-electron chi connectivity index (χ3n) is 2.59. The summed E-state index contributed by atoms with van der Waals surface area (Å²) in [7, 11) is 0. The molecular weight excluding hydrogens is 278 g/mol. The molecule has 0 radical (unpaired) electrons. The fraction of sp³-hybridized carbons (Fsp3) is 0.231. The number of nitrogens with one attached hydrogen (secondary N) is 1. The summed E-state index contributed by atoms with van der Waals surface area (Å²) in [5.74, 6) is 0.862. The summed E-state index contributed by atoms with van der Waals surface area (Å²) in [5, 5.41) is 8.53. The molecule has 0 saturated carbocycles. The Balaban J connectivity index is 2.30. The monoisotopic (exact) mass is 289 g/mol. The standard InChI is InChI=1S/C13H12BrN3/c1-9-4-5-10(14)7-11(9)12-8-16-13(17-12)3-2-6-15/h4-5,7-8H,2-3H2,1H3,(H,16,17). The van der Waals surface area contributed by atoms with Crippen LogP contribution in [0.15, 0.2) is 28.9 Å². The van der Waals surface area contributed by atoms with Crippen LogP contribution in [0.25, 0.3) is 11.3 Å². The fourth-order valence-corrected chi connectivity index (χ4v) is 2.05. The highest BCUT2D eigenvalue weighted by molar-refractivity contribution is 9.10. The maximum atomic E-state index is 8.53. The number of hydrogen-bond donors (Lipinski definition) is 1. The minimum absolute atomic E-state index is 0.490. The third-order valence-corrected chi connectivity index (χ3v) is 3.09. The van der Waals surface area contributed by atoms with Crippen LogP contribution >= 0.6 is 15.9 Å². The quantitative estimate of drug-likeness (QED) is 0.938. The molecule has 1 aromatic heterocycles. The first-order valence-electron chi connectivity index (χ1n) is 5.38. The number of aromatic nitrogens is 2. The van der Waals surface area contributed by atoms with Crippen molar-refractivity contribution in [2.45, 2.75) is 19.8 Å². The molecule has 2 aromatic rings. The highest BCUT2D eigenvalue weighted by Crippen LogP contribution is 2.25. The van der Waals surface area contributed by atoms with E-state index in [2.05, 4.69) is 51.0 Å². The summed E-state index contributed by atoms with van der Waals surface area (Å²) >= 11 is 3.46. The summed E-state index contributed by atoms with van der Waals surface area (Å²) in [6.07, 6.45) is 2.98. The SMILES string of the molecule is Cc1ccc(Br)cc1-c1cnc(CCC#N)[nH]1. The van der Waals surface area contributed by atoms with Gasteiger partial charge in [0, 0.05) is 22.9 Å². The van der Waals surface area contributed by atoms with Gasteiger partial charge in [0.25, 0.3) is 0 Å². The summed E-state index contributed by atoms with van der Waals surface area (Å²) in [5.41, 5.74) is 3.33. The lowest BCUT2D eigenvalue weighted by Crippen LogP contribution is -1.87. The zero-order valence-electron chi connectivity index (χ0n) is 9.50. The Morgan fingerprint density at radius 3 is 3.06 bits per heavy atom. The summed E-state index contributed by atoms with van der Waals surface area (Å²) in [6, 6.07) is 8.27. The van der Waals surface area contributed by atoms with Crippen LogP contribution in [0.2, 0.25) is 0 Å². The normalized spacial score (nSPS) is 10.2. The molecule has 86 valence electrons. The molecule has 4 heteroatoms. The molecule has 0 unspecified atom stereocenters. The molecule has 0 spiro atoms. The van der Waals surface area contributed by atoms with Crippen LogP contribution in [0.5, 0.6) is 0 Å². The van der Waals surface area contributed by atoms with E-state index in [1.807, 2.05) is 12.3 Å². The van der Waals surface area contributed by atoms with Gasteiger partial charge < -0.3 is 4.98 Å². The van der Waals surface area contributed by atoms with E-state index in [1.54, 1.807) is 0 Å². The van der Waals surface area contributed by atoms with Crippen LogP contribution in [0.3, 0.4) is 0 Å². The summed E-state index contributed by atoms with van der Waals surface area (Å²) < 4.78 is 1.05. The molecule has 0 aliphatic heterocycles. The van der Waals surface area contributed by atoms with E-state index in [-0.39, 0.29) is 0 Å². The maximum Gasteiger partial charge on any atom is 0.107 e. The van der Waals surface area contributed by atoms with Gasteiger partial charge >= 0.3 is 0 Å². The highest BCUT2D eigenvalue weighted by Gasteiger charge is 2.06. The summed E-state index contributed by atoms with van der Waals surface area (Å²) in [6.45, 7) is 2.07.